The summed E-state index contributed by atoms with van der Waals surface area (Å²) < 4.78 is 39.6. The molecule has 2 aromatic heterocycles. The van der Waals surface area contributed by atoms with Gasteiger partial charge in [-0.15, -0.1) is 0 Å². The van der Waals surface area contributed by atoms with Crippen LogP contribution >= 0.6 is 11.6 Å². The van der Waals surface area contributed by atoms with E-state index in [4.69, 9.17) is 11.6 Å². The van der Waals surface area contributed by atoms with Crippen LogP contribution in [0.5, 0.6) is 5.88 Å². The molecule has 2 heterocycles. The molecular weight excluding hydrogens is 355 g/mol. The number of aryl methyl sites for hydroxylation is 1. The third-order valence-corrected chi connectivity index (χ3v) is 4.27. The molecule has 0 saturated carbocycles. The van der Waals surface area contributed by atoms with Crippen LogP contribution in [0.4, 0.5) is 13.2 Å². The van der Waals surface area contributed by atoms with Crippen molar-refractivity contribution in [3.05, 3.63) is 46.1 Å². The molecule has 1 N–H and O–H groups in total. The van der Waals surface area contributed by atoms with Crippen molar-refractivity contribution in [2.45, 2.75) is 32.9 Å². The molecule has 0 saturated heterocycles. The number of halogens is 4. The summed E-state index contributed by atoms with van der Waals surface area (Å²) in [7, 11) is 0. The fraction of sp³-hybridized carbons (Fsp3) is 0.294. The number of hydrogen-bond acceptors (Lipinski definition) is 3. The fourth-order valence-electron chi connectivity index (χ4n) is 2.82. The molecule has 132 valence electrons. The Morgan fingerprint density at radius 2 is 1.88 bits per heavy atom. The molecule has 0 fully saturated rings. The predicted octanol–water partition coefficient (Wildman–Crippen LogP) is 5.21. The molecule has 0 aliphatic heterocycles. The van der Waals surface area contributed by atoms with Gasteiger partial charge in [-0.3, -0.25) is 0 Å². The van der Waals surface area contributed by atoms with Crippen LogP contribution in [0.25, 0.3) is 16.9 Å². The molecule has 8 heteroatoms. The van der Waals surface area contributed by atoms with Crippen LogP contribution < -0.4 is 0 Å². The van der Waals surface area contributed by atoms with Crippen molar-refractivity contribution in [1.82, 2.24) is 14.6 Å². The topological polar surface area (TPSA) is 50.4 Å². The van der Waals surface area contributed by atoms with Crippen LogP contribution in [0.2, 0.25) is 5.02 Å². The average Bonchev–Trinajstić information content (AvgIpc) is 2.89. The van der Waals surface area contributed by atoms with E-state index in [0.717, 1.165) is 12.1 Å². The standard InChI is InChI=1S/C17H15ClF3N3O/c1-8(2)15-9(3)22-14-7-13(23-24(14)16(15)25)11-5-4-10(6-12(11)18)17(19,20)21/h4-8,25H,1-3H3. The van der Waals surface area contributed by atoms with E-state index < -0.39 is 11.7 Å². The minimum absolute atomic E-state index is 0.0354. The molecule has 0 aliphatic carbocycles. The molecule has 0 spiro atoms. The predicted molar refractivity (Wildman–Crippen MR) is 88.9 cm³/mol. The maximum Gasteiger partial charge on any atom is 0.416 e. The Kier molecular flexibility index (Phi) is 4.15. The summed E-state index contributed by atoms with van der Waals surface area (Å²) in [5.74, 6) is 0.00555. The van der Waals surface area contributed by atoms with E-state index >= 15 is 0 Å². The Hall–Kier alpha value is -2.28. The largest absolute Gasteiger partial charge is 0.493 e. The van der Waals surface area contributed by atoms with Crippen LogP contribution in [-0.4, -0.2) is 19.7 Å². The van der Waals surface area contributed by atoms with Crippen molar-refractivity contribution in [1.29, 1.82) is 0 Å². The summed E-state index contributed by atoms with van der Waals surface area (Å²) in [5, 5.41) is 14.6. The number of hydrogen-bond donors (Lipinski definition) is 1. The van der Waals surface area contributed by atoms with Gasteiger partial charge in [-0.1, -0.05) is 31.5 Å². The molecule has 0 aliphatic rings. The van der Waals surface area contributed by atoms with Crippen LogP contribution in [0, 0.1) is 6.92 Å². The molecule has 3 rings (SSSR count). The first-order chi connectivity index (χ1) is 11.6. The van der Waals surface area contributed by atoms with E-state index in [1.807, 2.05) is 13.8 Å². The zero-order valence-electron chi connectivity index (χ0n) is 13.7. The van der Waals surface area contributed by atoms with Crippen LogP contribution in [-0.2, 0) is 6.18 Å². The Labute approximate surface area is 146 Å². The number of aromatic nitrogens is 3. The van der Waals surface area contributed by atoms with Gasteiger partial charge >= 0.3 is 6.18 Å². The van der Waals surface area contributed by atoms with Crippen molar-refractivity contribution in [3.63, 3.8) is 0 Å². The van der Waals surface area contributed by atoms with Gasteiger partial charge in [0.25, 0.3) is 0 Å². The van der Waals surface area contributed by atoms with Crippen LogP contribution in [0.15, 0.2) is 24.3 Å². The fourth-order valence-corrected chi connectivity index (χ4v) is 3.10. The van der Waals surface area contributed by atoms with Crippen molar-refractivity contribution < 1.29 is 18.3 Å². The van der Waals surface area contributed by atoms with Gasteiger partial charge < -0.3 is 5.11 Å². The van der Waals surface area contributed by atoms with Crippen molar-refractivity contribution in [2.24, 2.45) is 0 Å². The molecule has 4 nitrogen and oxygen atoms in total. The molecule has 1 aromatic carbocycles. The highest BCUT2D eigenvalue weighted by Gasteiger charge is 2.31. The van der Waals surface area contributed by atoms with Gasteiger partial charge in [0.2, 0.25) is 5.88 Å². The zero-order valence-corrected chi connectivity index (χ0v) is 14.4. The zero-order chi connectivity index (χ0) is 18.5. The number of fused-ring (bicyclic) bond motifs is 1. The Bertz CT molecular complexity index is 964. The first-order valence-corrected chi connectivity index (χ1v) is 7.93. The number of aromatic hydroxyl groups is 1. The van der Waals surface area contributed by atoms with Gasteiger partial charge in [0, 0.05) is 22.9 Å². The molecular formula is C17H15ClF3N3O. The van der Waals surface area contributed by atoms with E-state index in [0.29, 0.717) is 28.2 Å². The summed E-state index contributed by atoms with van der Waals surface area (Å²) in [6, 6.07) is 4.65. The quantitative estimate of drug-likeness (QED) is 0.675. The lowest BCUT2D eigenvalue weighted by Gasteiger charge is -2.11. The van der Waals surface area contributed by atoms with Gasteiger partial charge in [0.1, 0.15) is 0 Å². The number of nitrogens with zero attached hydrogens (tertiary/aromatic N) is 3. The maximum atomic E-state index is 12.8. The lowest BCUT2D eigenvalue weighted by atomic mass is 10.0. The third kappa shape index (κ3) is 3.04. The molecule has 0 unspecified atom stereocenters. The maximum absolute atomic E-state index is 12.8. The Morgan fingerprint density at radius 3 is 2.44 bits per heavy atom. The molecule has 25 heavy (non-hydrogen) atoms. The first-order valence-electron chi connectivity index (χ1n) is 7.56. The normalized spacial score (nSPS) is 12.3. The van der Waals surface area contributed by atoms with Gasteiger partial charge in [-0.05, 0) is 25.0 Å². The van der Waals surface area contributed by atoms with Gasteiger partial charge in [-0.2, -0.15) is 22.8 Å². The summed E-state index contributed by atoms with van der Waals surface area (Å²) in [6.45, 7) is 5.63. The van der Waals surface area contributed by atoms with Crippen molar-refractivity contribution >= 4 is 17.2 Å². The molecule has 0 bridgehead atoms. The summed E-state index contributed by atoms with van der Waals surface area (Å²) in [4.78, 5) is 4.41. The minimum Gasteiger partial charge on any atom is -0.493 e. The van der Waals surface area contributed by atoms with E-state index in [-0.39, 0.29) is 16.8 Å². The monoisotopic (exact) mass is 369 g/mol. The van der Waals surface area contributed by atoms with E-state index in [2.05, 4.69) is 10.1 Å². The van der Waals surface area contributed by atoms with E-state index in [1.54, 1.807) is 13.0 Å². The van der Waals surface area contributed by atoms with E-state index in [9.17, 15) is 18.3 Å². The van der Waals surface area contributed by atoms with Crippen molar-refractivity contribution in [3.8, 4) is 17.1 Å². The summed E-state index contributed by atoms with van der Waals surface area (Å²) in [6.07, 6.45) is -4.47. The number of benzene rings is 1. The minimum atomic E-state index is -4.47. The van der Waals surface area contributed by atoms with Crippen molar-refractivity contribution in [2.75, 3.05) is 0 Å². The van der Waals surface area contributed by atoms with Crippen LogP contribution in [0.1, 0.15) is 36.6 Å². The smallest absolute Gasteiger partial charge is 0.416 e. The lowest BCUT2D eigenvalue weighted by molar-refractivity contribution is -0.137. The van der Waals surface area contributed by atoms with E-state index in [1.165, 1.54) is 10.6 Å². The highest BCUT2D eigenvalue weighted by atomic mass is 35.5. The second-order valence-corrected chi connectivity index (χ2v) is 6.49. The number of alkyl halides is 3. The van der Waals surface area contributed by atoms with Gasteiger partial charge in [-0.25, -0.2) is 4.98 Å². The van der Waals surface area contributed by atoms with Crippen LogP contribution in [0.3, 0.4) is 0 Å². The summed E-state index contributed by atoms with van der Waals surface area (Å²) in [5.41, 5.74) is 1.57. The Morgan fingerprint density at radius 1 is 1.20 bits per heavy atom. The molecule has 0 atom stereocenters. The average molecular weight is 370 g/mol. The highest BCUT2D eigenvalue weighted by Crippen LogP contribution is 2.36. The van der Waals surface area contributed by atoms with Gasteiger partial charge in [0.05, 0.1) is 16.3 Å². The molecule has 0 amide bonds. The molecule has 0 radical (unpaired) electrons. The third-order valence-electron chi connectivity index (χ3n) is 3.95. The second kappa shape index (κ2) is 5.91. The Balaban J connectivity index is 2.16. The number of rotatable bonds is 2. The molecule has 3 aromatic rings. The second-order valence-electron chi connectivity index (χ2n) is 6.08. The lowest BCUT2D eigenvalue weighted by Crippen LogP contribution is -2.04. The SMILES string of the molecule is Cc1nc2cc(-c3ccc(C(F)(F)F)cc3Cl)nn2c(O)c1C(C)C. The highest BCUT2D eigenvalue weighted by molar-refractivity contribution is 6.33. The first kappa shape index (κ1) is 17.5. The van der Waals surface area contributed by atoms with Gasteiger partial charge in [0.15, 0.2) is 5.65 Å². The summed E-state index contributed by atoms with van der Waals surface area (Å²) >= 11 is 6.02.